The fraction of sp³-hybridized carbons (Fsp3) is 0.462. The first kappa shape index (κ1) is 11.8. The van der Waals surface area contributed by atoms with Crippen LogP contribution in [0.4, 0.5) is 0 Å². The Balaban J connectivity index is 2.26. The highest BCUT2D eigenvalue weighted by molar-refractivity contribution is 5.90. The van der Waals surface area contributed by atoms with Gasteiger partial charge in [0.25, 0.3) is 0 Å². The smallest absolute Gasteiger partial charge is 0.337 e. The van der Waals surface area contributed by atoms with E-state index in [0.29, 0.717) is 17.7 Å². The van der Waals surface area contributed by atoms with Crippen molar-refractivity contribution in [3.63, 3.8) is 0 Å². The summed E-state index contributed by atoms with van der Waals surface area (Å²) in [7, 11) is 1.34. The van der Waals surface area contributed by atoms with Gasteiger partial charge in [-0.1, -0.05) is 6.42 Å². The Bertz CT molecular complexity index is 442. The first-order valence-corrected chi connectivity index (χ1v) is 5.79. The maximum atomic E-state index is 11.8. The zero-order valence-corrected chi connectivity index (χ0v) is 9.81. The summed E-state index contributed by atoms with van der Waals surface area (Å²) in [5.41, 5.74) is 1.15. The van der Waals surface area contributed by atoms with Gasteiger partial charge >= 0.3 is 5.97 Å². The van der Waals surface area contributed by atoms with E-state index in [1.807, 2.05) is 0 Å². The third-order valence-electron chi connectivity index (χ3n) is 3.11. The van der Waals surface area contributed by atoms with Crippen LogP contribution in [0.2, 0.25) is 0 Å². The fourth-order valence-corrected chi connectivity index (χ4v) is 2.18. The van der Waals surface area contributed by atoms with Crippen molar-refractivity contribution in [3.8, 4) is 0 Å². The third-order valence-corrected chi connectivity index (χ3v) is 3.11. The molecule has 0 aromatic carbocycles. The van der Waals surface area contributed by atoms with E-state index in [4.69, 9.17) is 0 Å². The summed E-state index contributed by atoms with van der Waals surface area (Å²) >= 11 is 0. The van der Waals surface area contributed by atoms with Gasteiger partial charge in [0.2, 0.25) is 0 Å². The predicted molar refractivity (Wildman–Crippen MR) is 61.8 cm³/mol. The van der Waals surface area contributed by atoms with Gasteiger partial charge in [-0.05, 0) is 25.0 Å². The molecule has 1 aliphatic carbocycles. The second-order valence-corrected chi connectivity index (χ2v) is 4.23. The van der Waals surface area contributed by atoms with Gasteiger partial charge in [-0.25, -0.2) is 4.79 Å². The molecular formula is C13H15NO3. The van der Waals surface area contributed by atoms with Crippen LogP contribution in [-0.4, -0.2) is 23.8 Å². The van der Waals surface area contributed by atoms with Crippen molar-refractivity contribution in [3.05, 3.63) is 29.6 Å². The lowest BCUT2D eigenvalue weighted by Gasteiger charge is -2.19. The van der Waals surface area contributed by atoms with Gasteiger partial charge in [-0.15, -0.1) is 0 Å². The molecule has 1 heterocycles. The van der Waals surface area contributed by atoms with Gasteiger partial charge in [0.1, 0.15) is 5.78 Å². The highest BCUT2D eigenvalue weighted by Crippen LogP contribution is 2.28. The topological polar surface area (TPSA) is 56.3 Å². The normalized spacial score (nSPS) is 20.1. The van der Waals surface area contributed by atoms with Gasteiger partial charge in [0.15, 0.2) is 0 Å². The van der Waals surface area contributed by atoms with Crippen molar-refractivity contribution >= 4 is 11.8 Å². The number of ether oxygens (including phenoxy) is 1. The maximum Gasteiger partial charge on any atom is 0.337 e. The summed E-state index contributed by atoms with van der Waals surface area (Å²) in [5.74, 6) is -0.309. The summed E-state index contributed by atoms with van der Waals surface area (Å²) < 4.78 is 4.65. The molecule has 0 saturated heterocycles. The standard InChI is InChI=1S/C13H15NO3/c1-17-13(16)9-6-7-14-11(8-9)10-4-2-3-5-12(10)15/h6-8,10H,2-5H2,1H3/t10-/m1/s1. The van der Waals surface area contributed by atoms with E-state index in [9.17, 15) is 9.59 Å². The van der Waals surface area contributed by atoms with Gasteiger partial charge in [0.05, 0.1) is 24.3 Å². The number of Topliss-reactive ketones (excluding diaryl/α,β-unsaturated/α-hetero) is 1. The number of pyridine rings is 1. The van der Waals surface area contributed by atoms with Crippen LogP contribution in [0.15, 0.2) is 18.3 Å². The van der Waals surface area contributed by atoms with Crippen molar-refractivity contribution in [2.24, 2.45) is 0 Å². The maximum absolute atomic E-state index is 11.8. The average molecular weight is 233 g/mol. The first-order chi connectivity index (χ1) is 8.22. The Labute approximate surface area is 100 Å². The van der Waals surface area contributed by atoms with Crippen molar-refractivity contribution in [1.29, 1.82) is 0 Å². The molecule has 1 aliphatic rings. The second-order valence-electron chi connectivity index (χ2n) is 4.23. The number of esters is 1. The van der Waals surface area contributed by atoms with Crippen LogP contribution in [0.3, 0.4) is 0 Å². The van der Waals surface area contributed by atoms with Crippen molar-refractivity contribution in [2.75, 3.05) is 7.11 Å². The summed E-state index contributed by atoms with van der Waals surface area (Å²) in [6.45, 7) is 0. The number of carbonyl (C=O) groups is 2. The average Bonchev–Trinajstić information content (AvgIpc) is 2.38. The molecule has 1 aromatic heterocycles. The fourth-order valence-electron chi connectivity index (χ4n) is 2.18. The molecule has 0 radical (unpaired) electrons. The molecule has 0 unspecified atom stereocenters. The van der Waals surface area contributed by atoms with Crippen molar-refractivity contribution < 1.29 is 14.3 Å². The molecule has 0 bridgehead atoms. The van der Waals surface area contributed by atoms with Crippen LogP contribution in [0, 0.1) is 0 Å². The molecule has 0 spiro atoms. The lowest BCUT2D eigenvalue weighted by molar-refractivity contribution is -0.121. The predicted octanol–water partition coefficient (Wildman–Crippen LogP) is 2.09. The van der Waals surface area contributed by atoms with Crippen LogP contribution in [0.25, 0.3) is 0 Å². The highest BCUT2D eigenvalue weighted by Gasteiger charge is 2.25. The van der Waals surface area contributed by atoms with Gasteiger partial charge in [-0.2, -0.15) is 0 Å². The van der Waals surface area contributed by atoms with Crippen LogP contribution >= 0.6 is 0 Å². The van der Waals surface area contributed by atoms with E-state index < -0.39 is 5.97 Å². The molecule has 90 valence electrons. The number of nitrogens with zero attached hydrogens (tertiary/aromatic N) is 1. The number of aromatic nitrogens is 1. The SMILES string of the molecule is COC(=O)c1ccnc([C@H]2CCCCC2=O)c1. The summed E-state index contributed by atoms with van der Waals surface area (Å²) in [6, 6.07) is 3.27. The summed E-state index contributed by atoms with van der Waals surface area (Å²) in [6.07, 6.45) is 5.02. The molecule has 4 heteroatoms. The largest absolute Gasteiger partial charge is 0.465 e. The van der Waals surface area contributed by atoms with E-state index >= 15 is 0 Å². The number of hydrogen-bond acceptors (Lipinski definition) is 4. The number of ketones is 1. The van der Waals surface area contributed by atoms with E-state index in [1.54, 1.807) is 18.3 Å². The Morgan fingerprint density at radius 3 is 3.00 bits per heavy atom. The quantitative estimate of drug-likeness (QED) is 0.734. The molecule has 0 amide bonds. The van der Waals surface area contributed by atoms with E-state index in [1.165, 1.54) is 7.11 Å². The molecule has 4 nitrogen and oxygen atoms in total. The highest BCUT2D eigenvalue weighted by atomic mass is 16.5. The Hall–Kier alpha value is -1.71. The molecule has 1 saturated carbocycles. The molecule has 1 aromatic rings. The molecule has 0 aliphatic heterocycles. The van der Waals surface area contributed by atoms with E-state index in [0.717, 1.165) is 19.3 Å². The van der Waals surface area contributed by atoms with E-state index in [2.05, 4.69) is 9.72 Å². The minimum atomic E-state index is -0.392. The van der Waals surface area contributed by atoms with Gasteiger partial charge < -0.3 is 4.74 Å². The van der Waals surface area contributed by atoms with Gasteiger partial charge in [0, 0.05) is 12.6 Å². The summed E-state index contributed by atoms with van der Waals surface area (Å²) in [5, 5.41) is 0. The Morgan fingerprint density at radius 1 is 1.47 bits per heavy atom. The monoisotopic (exact) mass is 233 g/mol. The molecular weight excluding hydrogens is 218 g/mol. The van der Waals surface area contributed by atoms with Crippen LogP contribution < -0.4 is 0 Å². The van der Waals surface area contributed by atoms with Gasteiger partial charge in [-0.3, -0.25) is 9.78 Å². The third kappa shape index (κ3) is 2.52. The molecule has 1 atom stereocenters. The van der Waals surface area contributed by atoms with Crippen LogP contribution in [0.1, 0.15) is 47.7 Å². The molecule has 0 N–H and O–H groups in total. The van der Waals surface area contributed by atoms with Crippen molar-refractivity contribution in [1.82, 2.24) is 4.98 Å². The van der Waals surface area contributed by atoms with Crippen LogP contribution in [0.5, 0.6) is 0 Å². The first-order valence-electron chi connectivity index (χ1n) is 5.79. The number of hydrogen-bond donors (Lipinski definition) is 0. The minimum Gasteiger partial charge on any atom is -0.465 e. The molecule has 17 heavy (non-hydrogen) atoms. The molecule has 1 fully saturated rings. The molecule has 2 rings (SSSR count). The minimum absolute atomic E-state index is 0.145. The Morgan fingerprint density at radius 2 is 2.29 bits per heavy atom. The Kier molecular flexibility index (Phi) is 3.52. The van der Waals surface area contributed by atoms with Crippen molar-refractivity contribution in [2.45, 2.75) is 31.6 Å². The number of carbonyl (C=O) groups excluding carboxylic acids is 2. The van der Waals surface area contributed by atoms with E-state index in [-0.39, 0.29) is 11.7 Å². The second kappa shape index (κ2) is 5.08. The number of methoxy groups -OCH3 is 1. The lowest BCUT2D eigenvalue weighted by atomic mass is 9.85. The zero-order valence-electron chi connectivity index (χ0n) is 9.81. The number of rotatable bonds is 2. The zero-order chi connectivity index (χ0) is 12.3. The lowest BCUT2D eigenvalue weighted by Crippen LogP contribution is -2.18. The summed E-state index contributed by atoms with van der Waals surface area (Å²) in [4.78, 5) is 27.4. The van der Waals surface area contributed by atoms with Crippen LogP contribution in [-0.2, 0) is 9.53 Å².